The van der Waals surface area contributed by atoms with Crippen LogP contribution in [0.2, 0.25) is 5.02 Å². The van der Waals surface area contributed by atoms with Crippen molar-refractivity contribution in [3.8, 4) is 0 Å². The molecule has 0 radical (unpaired) electrons. The van der Waals surface area contributed by atoms with E-state index in [2.05, 4.69) is 14.9 Å². The molecule has 0 atom stereocenters. The molecule has 0 unspecified atom stereocenters. The standard InChI is InChI=1S/C20H24ClN3O3S/c1-24(17-6-3-2-4-7-17)13-5-12-22-20(25)15-8-11-18(21)19(14-15)28(26,27)23-16-9-10-16/h2-4,6-8,11,14,16,23H,5,9-10,12-13H2,1H3,(H,22,25). The van der Waals surface area contributed by atoms with E-state index in [0.717, 1.165) is 31.5 Å². The number of nitrogens with zero attached hydrogens (tertiary/aromatic N) is 1. The molecule has 0 bridgehead atoms. The number of amides is 1. The predicted octanol–water partition coefficient (Wildman–Crippen LogP) is 3.04. The van der Waals surface area contributed by atoms with Crippen molar-refractivity contribution in [3.05, 3.63) is 59.1 Å². The Hall–Kier alpha value is -2.09. The lowest BCUT2D eigenvalue weighted by molar-refractivity contribution is 0.0953. The topological polar surface area (TPSA) is 78.5 Å². The number of carbonyl (C=O) groups is 1. The first-order valence-corrected chi connectivity index (χ1v) is 11.1. The normalized spacial score (nSPS) is 13.9. The van der Waals surface area contributed by atoms with Gasteiger partial charge >= 0.3 is 0 Å². The van der Waals surface area contributed by atoms with E-state index in [1.54, 1.807) is 0 Å². The molecule has 6 nitrogen and oxygen atoms in total. The van der Waals surface area contributed by atoms with Gasteiger partial charge in [0.1, 0.15) is 4.90 Å². The Morgan fingerprint density at radius 3 is 2.57 bits per heavy atom. The summed E-state index contributed by atoms with van der Waals surface area (Å²) < 4.78 is 27.4. The number of benzene rings is 2. The molecule has 8 heteroatoms. The van der Waals surface area contributed by atoms with E-state index >= 15 is 0 Å². The first-order chi connectivity index (χ1) is 13.4. The maximum Gasteiger partial charge on any atom is 0.251 e. The molecule has 2 aromatic carbocycles. The molecule has 2 aromatic rings. The van der Waals surface area contributed by atoms with Gasteiger partial charge in [0.2, 0.25) is 10.0 Å². The third-order valence-corrected chi connectivity index (χ3v) is 6.54. The van der Waals surface area contributed by atoms with E-state index in [1.165, 1.54) is 18.2 Å². The van der Waals surface area contributed by atoms with Crippen LogP contribution < -0.4 is 14.9 Å². The first-order valence-electron chi connectivity index (χ1n) is 9.23. The van der Waals surface area contributed by atoms with Gasteiger partial charge in [0.25, 0.3) is 5.91 Å². The summed E-state index contributed by atoms with van der Waals surface area (Å²) in [4.78, 5) is 14.5. The van der Waals surface area contributed by atoms with Crippen molar-refractivity contribution in [3.63, 3.8) is 0 Å². The van der Waals surface area contributed by atoms with Gasteiger partial charge in [-0.05, 0) is 49.6 Å². The lowest BCUT2D eigenvalue weighted by Crippen LogP contribution is -2.29. The van der Waals surface area contributed by atoms with Gasteiger partial charge in [0, 0.05) is 37.4 Å². The van der Waals surface area contributed by atoms with E-state index in [1.807, 2.05) is 37.4 Å². The van der Waals surface area contributed by atoms with Crippen molar-refractivity contribution in [2.45, 2.75) is 30.2 Å². The average Bonchev–Trinajstić information content (AvgIpc) is 3.49. The lowest BCUT2D eigenvalue weighted by Gasteiger charge is -2.19. The van der Waals surface area contributed by atoms with E-state index in [4.69, 9.17) is 11.6 Å². The molecular formula is C20H24ClN3O3S. The van der Waals surface area contributed by atoms with Crippen LogP contribution in [-0.2, 0) is 10.0 Å². The summed E-state index contributed by atoms with van der Waals surface area (Å²) in [5, 5.41) is 2.94. The van der Waals surface area contributed by atoms with Crippen LogP contribution in [-0.4, -0.2) is 40.5 Å². The highest BCUT2D eigenvalue weighted by Gasteiger charge is 2.29. The van der Waals surface area contributed by atoms with Gasteiger partial charge in [-0.15, -0.1) is 0 Å². The van der Waals surface area contributed by atoms with E-state index in [9.17, 15) is 13.2 Å². The molecule has 3 rings (SSSR count). The molecule has 28 heavy (non-hydrogen) atoms. The summed E-state index contributed by atoms with van der Waals surface area (Å²) in [5.41, 5.74) is 1.39. The monoisotopic (exact) mass is 421 g/mol. The van der Waals surface area contributed by atoms with E-state index in [-0.39, 0.29) is 27.4 Å². The number of hydrogen-bond donors (Lipinski definition) is 2. The van der Waals surface area contributed by atoms with Gasteiger partial charge in [0.15, 0.2) is 0 Å². The second-order valence-corrected chi connectivity index (χ2v) is 9.00. The highest BCUT2D eigenvalue weighted by atomic mass is 35.5. The highest BCUT2D eigenvalue weighted by molar-refractivity contribution is 7.89. The number of carbonyl (C=O) groups excluding carboxylic acids is 1. The Morgan fingerprint density at radius 1 is 1.18 bits per heavy atom. The zero-order valence-electron chi connectivity index (χ0n) is 15.7. The number of halogens is 1. The van der Waals surface area contributed by atoms with Crippen molar-refractivity contribution in [1.82, 2.24) is 10.0 Å². The number of para-hydroxylation sites is 1. The minimum Gasteiger partial charge on any atom is -0.375 e. The fourth-order valence-corrected chi connectivity index (χ4v) is 4.60. The zero-order valence-corrected chi connectivity index (χ0v) is 17.3. The van der Waals surface area contributed by atoms with Crippen LogP contribution in [0.4, 0.5) is 5.69 Å². The summed E-state index contributed by atoms with van der Waals surface area (Å²) >= 11 is 6.05. The molecule has 2 N–H and O–H groups in total. The van der Waals surface area contributed by atoms with Crippen molar-refractivity contribution in [1.29, 1.82) is 0 Å². The van der Waals surface area contributed by atoms with Crippen LogP contribution >= 0.6 is 11.6 Å². The van der Waals surface area contributed by atoms with Crippen LogP contribution in [0.1, 0.15) is 29.6 Å². The Balaban J connectivity index is 1.55. The zero-order chi connectivity index (χ0) is 20.1. The summed E-state index contributed by atoms with van der Waals surface area (Å²) in [6.45, 7) is 1.27. The highest BCUT2D eigenvalue weighted by Crippen LogP contribution is 2.26. The first kappa shape index (κ1) is 20.6. The molecule has 0 spiro atoms. The van der Waals surface area contributed by atoms with Crippen LogP contribution in [0.15, 0.2) is 53.4 Å². The molecule has 0 saturated heterocycles. The Bertz CT molecular complexity index is 931. The number of hydrogen-bond acceptors (Lipinski definition) is 4. The van der Waals surface area contributed by atoms with Crippen LogP contribution in [0.5, 0.6) is 0 Å². The number of rotatable bonds is 9. The quantitative estimate of drug-likeness (QED) is 0.610. The lowest BCUT2D eigenvalue weighted by atomic mass is 10.2. The average molecular weight is 422 g/mol. The molecule has 1 amide bonds. The minimum absolute atomic E-state index is 0.0276. The van der Waals surface area contributed by atoms with Crippen LogP contribution in [0.3, 0.4) is 0 Å². The predicted molar refractivity (Wildman–Crippen MR) is 111 cm³/mol. The van der Waals surface area contributed by atoms with Crippen molar-refractivity contribution in [2.24, 2.45) is 0 Å². The maximum absolute atomic E-state index is 12.4. The third-order valence-electron chi connectivity index (χ3n) is 4.53. The van der Waals surface area contributed by atoms with Crippen molar-refractivity contribution in [2.75, 3.05) is 25.0 Å². The Labute approximate surface area is 170 Å². The molecule has 0 aliphatic heterocycles. The van der Waals surface area contributed by atoms with Crippen molar-refractivity contribution < 1.29 is 13.2 Å². The third kappa shape index (κ3) is 5.47. The van der Waals surface area contributed by atoms with E-state index in [0.29, 0.717) is 6.54 Å². The molecule has 0 aromatic heterocycles. The summed E-state index contributed by atoms with van der Waals surface area (Å²) in [5.74, 6) is -0.318. The molecule has 1 fully saturated rings. The van der Waals surface area contributed by atoms with Crippen LogP contribution in [0, 0.1) is 0 Å². The maximum atomic E-state index is 12.4. The minimum atomic E-state index is -3.72. The Kier molecular flexibility index (Phi) is 6.59. The van der Waals surface area contributed by atoms with Gasteiger partial charge in [-0.1, -0.05) is 29.8 Å². The van der Waals surface area contributed by atoms with Crippen LogP contribution in [0.25, 0.3) is 0 Å². The van der Waals surface area contributed by atoms with Gasteiger partial charge < -0.3 is 10.2 Å². The number of nitrogens with one attached hydrogen (secondary N) is 2. The summed E-state index contributed by atoms with van der Waals surface area (Å²) in [7, 11) is -1.72. The Morgan fingerprint density at radius 2 is 1.89 bits per heavy atom. The largest absolute Gasteiger partial charge is 0.375 e. The molecule has 1 aliphatic rings. The summed E-state index contributed by atoms with van der Waals surface area (Å²) in [6.07, 6.45) is 2.42. The second kappa shape index (κ2) is 8.94. The molecule has 1 aliphatic carbocycles. The second-order valence-electron chi connectivity index (χ2n) is 6.91. The van der Waals surface area contributed by atoms with Gasteiger partial charge in [-0.2, -0.15) is 0 Å². The van der Waals surface area contributed by atoms with Crippen molar-refractivity contribution >= 4 is 33.2 Å². The smallest absolute Gasteiger partial charge is 0.251 e. The SMILES string of the molecule is CN(CCCNC(=O)c1ccc(Cl)c(S(=O)(=O)NC2CC2)c1)c1ccccc1. The van der Waals surface area contributed by atoms with E-state index < -0.39 is 10.0 Å². The molecule has 150 valence electrons. The number of anilines is 1. The molecular weight excluding hydrogens is 398 g/mol. The fraction of sp³-hybridized carbons (Fsp3) is 0.350. The summed E-state index contributed by atoms with van der Waals surface area (Å²) in [6, 6.07) is 14.3. The number of sulfonamides is 1. The molecule has 0 heterocycles. The fourth-order valence-electron chi connectivity index (χ4n) is 2.77. The van der Waals surface area contributed by atoms with Gasteiger partial charge in [-0.25, -0.2) is 13.1 Å². The van der Waals surface area contributed by atoms with Gasteiger partial charge in [0.05, 0.1) is 5.02 Å². The molecule has 1 saturated carbocycles. The van der Waals surface area contributed by atoms with Gasteiger partial charge in [-0.3, -0.25) is 4.79 Å².